The summed E-state index contributed by atoms with van der Waals surface area (Å²) in [5.41, 5.74) is -0.264. The summed E-state index contributed by atoms with van der Waals surface area (Å²) in [6.07, 6.45) is -3.05. The number of aryl methyl sites for hydroxylation is 1. The molecule has 2 heterocycles. The van der Waals surface area contributed by atoms with Crippen molar-refractivity contribution in [1.82, 2.24) is 20.0 Å². The molecule has 0 saturated carbocycles. The molecule has 19 heavy (non-hydrogen) atoms. The van der Waals surface area contributed by atoms with E-state index >= 15 is 0 Å². The molecule has 1 fully saturated rings. The highest BCUT2D eigenvalue weighted by molar-refractivity contribution is 5.20. The van der Waals surface area contributed by atoms with Crippen molar-refractivity contribution in [3.05, 3.63) is 17.5 Å². The molecule has 0 radical (unpaired) electrons. The summed E-state index contributed by atoms with van der Waals surface area (Å²) in [5.74, 6) is 0. The number of alkyl halides is 3. The van der Waals surface area contributed by atoms with Crippen LogP contribution >= 0.6 is 0 Å². The Morgan fingerprint density at radius 3 is 2.58 bits per heavy atom. The fourth-order valence-electron chi connectivity index (χ4n) is 2.63. The van der Waals surface area contributed by atoms with Crippen LogP contribution in [-0.2, 0) is 19.8 Å². The van der Waals surface area contributed by atoms with Crippen LogP contribution in [0.1, 0.15) is 18.2 Å². The number of hydrogen-bond acceptors (Lipinski definition) is 3. The molecular formula is C12H19F3N4. The van der Waals surface area contributed by atoms with Crippen LogP contribution in [0.15, 0.2) is 6.20 Å². The first-order chi connectivity index (χ1) is 8.71. The maximum absolute atomic E-state index is 12.9. The van der Waals surface area contributed by atoms with E-state index in [0.29, 0.717) is 0 Å². The van der Waals surface area contributed by atoms with Gasteiger partial charge in [-0.25, -0.2) is 0 Å². The molecule has 1 aromatic heterocycles. The molecule has 0 spiro atoms. The third-order valence-corrected chi connectivity index (χ3v) is 3.48. The second kappa shape index (κ2) is 4.79. The Hall–Kier alpha value is -1.08. The van der Waals surface area contributed by atoms with Crippen LogP contribution in [0.4, 0.5) is 13.2 Å². The minimum atomic E-state index is -4.36. The summed E-state index contributed by atoms with van der Waals surface area (Å²) in [5, 5.41) is 6.91. The average Bonchev–Trinajstić information content (AvgIpc) is 2.56. The molecule has 0 bridgehead atoms. The molecule has 1 aliphatic rings. The monoisotopic (exact) mass is 276 g/mol. The summed E-state index contributed by atoms with van der Waals surface area (Å²) in [6, 6.07) is 0. The molecule has 1 saturated heterocycles. The maximum Gasteiger partial charge on any atom is 0.433 e. The Kier molecular flexibility index (Phi) is 3.61. The zero-order chi connectivity index (χ0) is 14.3. The van der Waals surface area contributed by atoms with E-state index in [1.807, 2.05) is 11.9 Å². The summed E-state index contributed by atoms with van der Waals surface area (Å²) >= 11 is 0. The molecule has 4 nitrogen and oxygen atoms in total. The van der Waals surface area contributed by atoms with Gasteiger partial charge in [-0.2, -0.15) is 18.3 Å². The second-order valence-corrected chi connectivity index (χ2v) is 5.73. The molecule has 0 aromatic carbocycles. The Labute approximate surface area is 110 Å². The summed E-state index contributed by atoms with van der Waals surface area (Å²) in [7, 11) is 3.17. The van der Waals surface area contributed by atoms with Crippen LogP contribution in [-0.4, -0.2) is 41.4 Å². The second-order valence-electron chi connectivity index (χ2n) is 5.73. The Morgan fingerprint density at radius 2 is 2.11 bits per heavy atom. The van der Waals surface area contributed by atoms with Crippen LogP contribution in [0, 0.1) is 5.41 Å². The van der Waals surface area contributed by atoms with Gasteiger partial charge in [-0.3, -0.25) is 4.68 Å². The molecule has 2 rings (SSSR count). The van der Waals surface area contributed by atoms with Gasteiger partial charge in [-0.15, -0.1) is 0 Å². The Bertz CT molecular complexity index is 448. The zero-order valence-corrected chi connectivity index (χ0v) is 11.4. The molecule has 1 aliphatic heterocycles. The van der Waals surface area contributed by atoms with E-state index in [4.69, 9.17) is 0 Å². The van der Waals surface area contributed by atoms with Gasteiger partial charge in [0.1, 0.15) is 5.69 Å². The van der Waals surface area contributed by atoms with Gasteiger partial charge in [-0.1, -0.05) is 6.92 Å². The Morgan fingerprint density at radius 1 is 1.47 bits per heavy atom. The predicted molar refractivity (Wildman–Crippen MR) is 65.5 cm³/mol. The predicted octanol–water partition coefficient (Wildman–Crippen LogP) is 1.48. The molecule has 0 amide bonds. The van der Waals surface area contributed by atoms with Gasteiger partial charge >= 0.3 is 6.18 Å². The van der Waals surface area contributed by atoms with E-state index in [1.165, 1.54) is 13.2 Å². The van der Waals surface area contributed by atoms with Crippen LogP contribution in [0.25, 0.3) is 0 Å². The number of aromatic nitrogens is 2. The SMILES string of the molecule is CN(Cc1cnn(C)c1C(F)(F)F)CC1(C)CNC1. The van der Waals surface area contributed by atoms with E-state index in [0.717, 1.165) is 24.3 Å². The molecular weight excluding hydrogens is 257 g/mol. The van der Waals surface area contributed by atoms with Crippen molar-refractivity contribution in [3.8, 4) is 0 Å². The fraction of sp³-hybridized carbons (Fsp3) is 0.750. The van der Waals surface area contributed by atoms with Crippen LogP contribution in [0.2, 0.25) is 0 Å². The van der Waals surface area contributed by atoms with Crippen molar-refractivity contribution < 1.29 is 13.2 Å². The lowest BCUT2D eigenvalue weighted by Crippen LogP contribution is -2.56. The third-order valence-electron chi connectivity index (χ3n) is 3.48. The standard InChI is InChI=1S/C12H19F3N4/c1-11(6-16-7-11)8-18(2)5-9-4-17-19(3)10(9)12(13,14)15/h4,16H,5-8H2,1-3H3. The quantitative estimate of drug-likeness (QED) is 0.904. The molecule has 0 aliphatic carbocycles. The first-order valence-electron chi connectivity index (χ1n) is 6.19. The lowest BCUT2D eigenvalue weighted by molar-refractivity contribution is -0.144. The molecule has 1 aromatic rings. The number of hydrogen-bond donors (Lipinski definition) is 1. The number of rotatable bonds is 4. The topological polar surface area (TPSA) is 33.1 Å². The maximum atomic E-state index is 12.9. The zero-order valence-electron chi connectivity index (χ0n) is 11.4. The molecule has 108 valence electrons. The minimum absolute atomic E-state index is 0.162. The fourth-order valence-corrected chi connectivity index (χ4v) is 2.63. The normalized spacial score (nSPS) is 18.7. The van der Waals surface area contributed by atoms with Crippen molar-refractivity contribution in [2.45, 2.75) is 19.6 Å². The number of nitrogens with one attached hydrogen (secondary N) is 1. The van der Waals surface area contributed by atoms with E-state index < -0.39 is 11.9 Å². The minimum Gasteiger partial charge on any atom is -0.315 e. The molecule has 7 heteroatoms. The van der Waals surface area contributed by atoms with E-state index in [2.05, 4.69) is 17.3 Å². The van der Waals surface area contributed by atoms with Crippen molar-refractivity contribution in [1.29, 1.82) is 0 Å². The largest absolute Gasteiger partial charge is 0.433 e. The first-order valence-corrected chi connectivity index (χ1v) is 6.19. The highest BCUT2D eigenvalue weighted by Crippen LogP contribution is 2.32. The van der Waals surface area contributed by atoms with Gasteiger partial charge in [0.15, 0.2) is 0 Å². The number of halogens is 3. The van der Waals surface area contributed by atoms with Gasteiger partial charge < -0.3 is 10.2 Å². The lowest BCUT2D eigenvalue weighted by atomic mass is 9.83. The highest BCUT2D eigenvalue weighted by atomic mass is 19.4. The highest BCUT2D eigenvalue weighted by Gasteiger charge is 2.38. The third kappa shape index (κ3) is 3.09. The van der Waals surface area contributed by atoms with Crippen molar-refractivity contribution in [2.24, 2.45) is 12.5 Å². The van der Waals surface area contributed by atoms with Crippen molar-refractivity contribution >= 4 is 0 Å². The molecule has 1 N–H and O–H groups in total. The molecule has 0 atom stereocenters. The van der Waals surface area contributed by atoms with Crippen LogP contribution in [0.3, 0.4) is 0 Å². The Balaban J connectivity index is 2.07. The average molecular weight is 276 g/mol. The van der Waals surface area contributed by atoms with Gasteiger partial charge in [-0.05, 0) is 7.05 Å². The summed E-state index contributed by atoms with van der Waals surface area (Å²) in [4.78, 5) is 1.92. The molecule has 0 unspecified atom stereocenters. The van der Waals surface area contributed by atoms with E-state index in [9.17, 15) is 13.2 Å². The van der Waals surface area contributed by atoms with Gasteiger partial charge in [0.05, 0.1) is 6.20 Å². The summed E-state index contributed by atoms with van der Waals surface area (Å²) in [6.45, 7) is 4.99. The van der Waals surface area contributed by atoms with Crippen LogP contribution in [0.5, 0.6) is 0 Å². The van der Waals surface area contributed by atoms with Gasteiger partial charge in [0.25, 0.3) is 0 Å². The van der Waals surface area contributed by atoms with E-state index in [-0.39, 0.29) is 17.5 Å². The first kappa shape index (κ1) is 14.3. The van der Waals surface area contributed by atoms with Crippen molar-refractivity contribution in [3.63, 3.8) is 0 Å². The van der Waals surface area contributed by atoms with E-state index in [1.54, 1.807) is 0 Å². The van der Waals surface area contributed by atoms with Gasteiger partial charge in [0.2, 0.25) is 0 Å². The van der Waals surface area contributed by atoms with Crippen molar-refractivity contribution in [2.75, 3.05) is 26.7 Å². The van der Waals surface area contributed by atoms with Gasteiger partial charge in [0, 0.05) is 44.2 Å². The van der Waals surface area contributed by atoms with Crippen LogP contribution < -0.4 is 5.32 Å². The lowest BCUT2D eigenvalue weighted by Gasteiger charge is -2.42. The number of nitrogens with zero attached hydrogens (tertiary/aromatic N) is 3. The smallest absolute Gasteiger partial charge is 0.315 e. The summed E-state index contributed by atoms with van der Waals surface area (Å²) < 4.78 is 39.7.